The van der Waals surface area contributed by atoms with Gasteiger partial charge in [-0.2, -0.15) is 0 Å². The molecular formula is C17H29IN4O. The summed E-state index contributed by atoms with van der Waals surface area (Å²) in [5.74, 6) is 1.61. The number of hydrogen-bond acceptors (Lipinski definition) is 2. The predicted molar refractivity (Wildman–Crippen MR) is 104 cm³/mol. The first-order valence-electron chi connectivity index (χ1n) is 8.30. The molecule has 1 aliphatic heterocycles. The second-order valence-corrected chi connectivity index (χ2v) is 7.04. The molecule has 23 heavy (non-hydrogen) atoms. The molecule has 1 saturated heterocycles. The number of ether oxygens (including phenoxy) is 1. The number of nitrogens with one attached hydrogen (secondary N) is 2. The zero-order valence-electron chi connectivity index (χ0n) is 14.5. The number of aliphatic imine (C=N–C) groups is 1. The van der Waals surface area contributed by atoms with E-state index in [0.717, 1.165) is 32.1 Å². The van der Waals surface area contributed by atoms with Crippen molar-refractivity contribution in [3.63, 3.8) is 0 Å². The third-order valence-corrected chi connectivity index (χ3v) is 5.12. The second-order valence-electron chi connectivity index (χ2n) is 7.04. The van der Waals surface area contributed by atoms with Crippen molar-refractivity contribution < 1.29 is 4.74 Å². The molecule has 0 bridgehead atoms. The summed E-state index contributed by atoms with van der Waals surface area (Å²) in [5.41, 5.74) is 1.37. The molecule has 2 fully saturated rings. The van der Waals surface area contributed by atoms with Crippen LogP contribution in [0.2, 0.25) is 0 Å². The lowest BCUT2D eigenvalue weighted by Gasteiger charge is -2.55. The molecule has 2 N–H and O–H groups in total. The lowest BCUT2D eigenvalue weighted by molar-refractivity contribution is -0.107. The minimum Gasteiger partial charge on any atom is -0.377 e. The molecule has 3 atom stereocenters. The van der Waals surface area contributed by atoms with E-state index in [4.69, 9.17) is 4.74 Å². The van der Waals surface area contributed by atoms with E-state index in [1.165, 1.54) is 5.69 Å². The number of guanidine groups is 1. The molecule has 2 heterocycles. The van der Waals surface area contributed by atoms with E-state index in [-0.39, 0.29) is 29.4 Å². The molecule has 6 heteroatoms. The fourth-order valence-corrected chi connectivity index (χ4v) is 3.98. The van der Waals surface area contributed by atoms with Gasteiger partial charge < -0.3 is 19.9 Å². The highest BCUT2D eigenvalue weighted by Crippen LogP contribution is 2.52. The van der Waals surface area contributed by atoms with Gasteiger partial charge in [-0.1, -0.05) is 13.8 Å². The van der Waals surface area contributed by atoms with Crippen molar-refractivity contribution in [2.24, 2.45) is 16.3 Å². The highest BCUT2D eigenvalue weighted by atomic mass is 127. The van der Waals surface area contributed by atoms with Gasteiger partial charge in [-0.3, -0.25) is 4.99 Å². The number of nitrogens with zero attached hydrogens (tertiary/aromatic N) is 2. The van der Waals surface area contributed by atoms with Gasteiger partial charge in [0, 0.05) is 49.5 Å². The summed E-state index contributed by atoms with van der Waals surface area (Å²) >= 11 is 0. The van der Waals surface area contributed by atoms with Gasteiger partial charge >= 0.3 is 0 Å². The fourth-order valence-electron chi connectivity index (χ4n) is 3.98. The minimum atomic E-state index is 0. The van der Waals surface area contributed by atoms with Crippen LogP contribution in [0.1, 0.15) is 32.9 Å². The molecule has 0 aromatic carbocycles. The number of H-pyrrole nitrogens is 1. The Kier molecular flexibility index (Phi) is 5.99. The number of halogens is 1. The van der Waals surface area contributed by atoms with Crippen molar-refractivity contribution in [3.05, 3.63) is 24.0 Å². The van der Waals surface area contributed by atoms with Crippen LogP contribution in [0.15, 0.2) is 23.3 Å². The zero-order chi connectivity index (χ0) is 15.7. The van der Waals surface area contributed by atoms with Crippen LogP contribution < -0.4 is 5.32 Å². The van der Waals surface area contributed by atoms with Crippen LogP contribution >= 0.6 is 24.0 Å². The van der Waals surface area contributed by atoms with Gasteiger partial charge in [0.1, 0.15) is 0 Å². The number of hydrogen-bond donors (Lipinski definition) is 2. The molecule has 0 spiro atoms. The van der Waals surface area contributed by atoms with E-state index >= 15 is 0 Å². The summed E-state index contributed by atoms with van der Waals surface area (Å²) < 4.78 is 5.89. The highest BCUT2D eigenvalue weighted by molar-refractivity contribution is 14.0. The van der Waals surface area contributed by atoms with Gasteiger partial charge in [0.15, 0.2) is 5.96 Å². The Hall–Kier alpha value is -0.760. The van der Waals surface area contributed by atoms with Gasteiger partial charge in [0.25, 0.3) is 0 Å². The first-order valence-corrected chi connectivity index (χ1v) is 8.30. The van der Waals surface area contributed by atoms with E-state index in [0.29, 0.717) is 18.1 Å². The second kappa shape index (κ2) is 7.42. The monoisotopic (exact) mass is 432 g/mol. The summed E-state index contributed by atoms with van der Waals surface area (Å²) in [6.07, 6.45) is 3.52. The van der Waals surface area contributed by atoms with Crippen LogP contribution in [0.25, 0.3) is 0 Å². The van der Waals surface area contributed by atoms with Gasteiger partial charge in [0.2, 0.25) is 0 Å². The Morgan fingerprint density at radius 1 is 1.52 bits per heavy atom. The van der Waals surface area contributed by atoms with Gasteiger partial charge in [0.05, 0.1) is 12.6 Å². The molecule has 3 rings (SSSR count). The SMILES string of the molecule is CCN=C(NC1C2CCOC2C1(C)C)N(C)Cc1ccc[nH]1.I. The molecule has 0 amide bonds. The number of fused-ring (bicyclic) bond motifs is 1. The summed E-state index contributed by atoms with van der Waals surface area (Å²) in [4.78, 5) is 10.1. The lowest BCUT2D eigenvalue weighted by atomic mass is 9.57. The van der Waals surface area contributed by atoms with Crippen LogP contribution in [0, 0.1) is 11.3 Å². The summed E-state index contributed by atoms with van der Waals surface area (Å²) in [6, 6.07) is 4.58. The highest BCUT2D eigenvalue weighted by Gasteiger charge is 2.59. The Bertz CT molecular complexity index is 529. The van der Waals surface area contributed by atoms with E-state index in [1.54, 1.807) is 0 Å². The zero-order valence-corrected chi connectivity index (χ0v) is 16.8. The van der Waals surface area contributed by atoms with Crippen molar-refractivity contribution in [2.45, 2.75) is 45.9 Å². The maximum atomic E-state index is 5.89. The van der Waals surface area contributed by atoms with Crippen LogP contribution in [0.4, 0.5) is 0 Å². The summed E-state index contributed by atoms with van der Waals surface area (Å²) in [7, 11) is 2.09. The van der Waals surface area contributed by atoms with Crippen molar-refractivity contribution in [3.8, 4) is 0 Å². The van der Waals surface area contributed by atoms with Crippen LogP contribution in [0.3, 0.4) is 0 Å². The van der Waals surface area contributed by atoms with Crippen molar-refractivity contribution in [1.82, 2.24) is 15.2 Å². The van der Waals surface area contributed by atoms with E-state index in [2.05, 4.69) is 54.1 Å². The van der Waals surface area contributed by atoms with Crippen LogP contribution in [-0.2, 0) is 11.3 Å². The summed E-state index contributed by atoms with van der Waals surface area (Å²) in [5, 5.41) is 3.71. The molecule has 0 radical (unpaired) electrons. The largest absolute Gasteiger partial charge is 0.377 e. The molecule has 5 nitrogen and oxygen atoms in total. The Morgan fingerprint density at radius 2 is 2.30 bits per heavy atom. The van der Waals surface area contributed by atoms with E-state index < -0.39 is 0 Å². The maximum Gasteiger partial charge on any atom is 0.194 e. The topological polar surface area (TPSA) is 52.7 Å². The third kappa shape index (κ3) is 3.52. The average Bonchev–Trinajstić information content (AvgIpc) is 3.13. The Labute approximate surface area is 156 Å². The molecule has 1 aliphatic carbocycles. The number of aromatic nitrogens is 1. The van der Waals surface area contributed by atoms with Gasteiger partial charge in [-0.15, -0.1) is 24.0 Å². The molecule has 1 aromatic heterocycles. The Balaban J connectivity index is 0.00000192. The van der Waals surface area contributed by atoms with Gasteiger partial charge in [-0.25, -0.2) is 0 Å². The summed E-state index contributed by atoms with van der Waals surface area (Å²) in [6.45, 7) is 9.19. The average molecular weight is 432 g/mol. The first kappa shape index (κ1) is 18.6. The molecule has 2 aliphatic rings. The standard InChI is InChI=1S/C17H28N4O.HI/c1-5-18-16(21(4)11-12-7-6-9-19-12)20-14-13-8-10-22-15(13)17(14,2)3;/h6-7,9,13-15,19H,5,8,10-11H2,1-4H3,(H,18,20);1H. The van der Waals surface area contributed by atoms with Crippen LogP contribution in [0.5, 0.6) is 0 Å². The lowest BCUT2D eigenvalue weighted by Crippen LogP contribution is -2.67. The molecule has 3 unspecified atom stereocenters. The predicted octanol–water partition coefficient (Wildman–Crippen LogP) is 2.84. The molecule has 1 saturated carbocycles. The third-order valence-electron chi connectivity index (χ3n) is 5.12. The minimum absolute atomic E-state index is 0. The smallest absolute Gasteiger partial charge is 0.194 e. The van der Waals surface area contributed by atoms with Crippen LogP contribution in [-0.4, -0.2) is 48.2 Å². The van der Waals surface area contributed by atoms with Crippen molar-refractivity contribution in [2.75, 3.05) is 20.2 Å². The molecule has 130 valence electrons. The van der Waals surface area contributed by atoms with E-state index in [9.17, 15) is 0 Å². The fraction of sp³-hybridized carbons (Fsp3) is 0.706. The van der Waals surface area contributed by atoms with E-state index in [1.807, 2.05) is 12.3 Å². The van der Waals surface area contributed by atoms with Gasteiger partial charge in [-0.05, 0) is 25.5 Å². The maximum absolute atomic E-state index is 5.89. The quantitative estimate of drug-likeness (QED) is 0.437. The molecule has 1 aromatic rings. The van der Waals surface area contributed by atoms with Crippen molar-refractivity contribution in [1.29, 1.82) is 0 Å². The number of aromatic amines is 1. The normalized spacial score (nSPS) is 28.5. The number of rotatable bonds is 4. The first-order chi connectivity index (χ1) is 10.5. The van der Waals surface area contributed by atoms with Crippen molar-refractivity contribution >= 4 is 29.9 Å². The Morgan fingerprint density at radius 3 is 2.96 bits per heavy atom. The molecular weight excluding hydrogens is 403 g/mol.